The monoisotopic (exact) mass is 186 g/mol. The zero-order valence-corrected chi connectivity index (χ0v) is 7.84. The summed E-state index contributed by atoms with van der Waals surface area (Å²) in [6.07, 6.45) is 1.54. The van der Waals surface area contributed by atoms with E-state index in [4.69, 9.17) is 16.7 Å². The van der Waals surface area contributed by atoms with E-state index in [0.29, 0.717) is 10.7 Å². The second-order valence-corrected chi connectivity index (χ2v) is 3.09. The van der Waals surface area contributed by atoms with Gasteiger partial charge >= 0.3 is 0 Å². The van der Waals surface area contributed by atoms with E-state index >= 15 is 0 Å². The van der Waals surface area contributed by atoms with Crippen LogP contribution in [-0.4, -0.2) is 24.2 Å². The first kappa shape index (κ1) is 9.29. The van der Waals surface area contributed by atoms with Crippen LogP contribution in [0.5, 0.6) is 0 Å². The molecule has 0 aromatic carbocycles. The minimum Gasteiger partial charge on any atom is -0.390 e. The third kappa shape index (κ3) is 1.87. The van der Waals surface area contributed by atoms with Crippen LogP contribution < -0.4 is 4.90 Å². The second-order valence-electron chi connectivity index (χ2n) is 2.68. The number of aliphatic hydroxyl groups is 1. The van der Waals surface area contributed by atoms with Crippen molar-refractivity contribution >= 4 is 17.3 Å². The van der Waals surface area contributed by atoms with Gasteiger partial charge in [-0.25, -0.2) is 0 Å². The molecule has 1 heterocycles. The van der Waals surface area contributed by atoms with E-state index in [1.54, 1.807) is 12.3 Å². The van der Waals surface area contributed by atoms with Gasteiger partial charge in [-0.05, 0) is 6.07 Å². The number of hydrogen-bond donors (Lipinski definition) is 1. The molecule has 0 saturated carbocycles. The summed E-state index contributed by atoms with van der Waals surface area (Å²) < 4.78 is 0. The predicted octanol–water partition coefficient (Wildman–Crippen LogP) is 1.29. The van der Waals surface area contributed by atoms with E-state index in [0.717, 1.165) is 5.69 Å². The minimum absolute atomic E-state index is 0.0575. The molecule has 0 aliphatic heterocycles. The van der Waals surface area contributed by atoms with Gasteiger partial charge in [-0.3, -0.25) is 4.98 Å². The molecule has 0 aliphatic carbocycles. The molecule has 0 amide bonds. The van der Waals surface area contributed by atoms with Crippen LogP contribution >= 0.6 is 11.6 Å². The van der Waals surface area contributed by atoms with E-state index in [9.17, 15) is 0 Å². The summed E-state index contributed by atoms with van der Waals surface area (Å²) in [6, 6.07) is 1.77. The first-order valence-corrected chi connectivity index (χ1v) is 3.95. The quantitative estimate of drug-likeness (QED) is 0.757. The highest BCUT2D eigenvalue weighted by molar-refractivity contribution is 6.33. The molecule has 0 atom stereocenters. The van der Waals surface area contributed by atoms with Gasteiger partial charge in [0.2, 0.25) is 0 Å². The van der Waals surface area contributed by atoms with Gasteiger partial charge in [0.25, 0.3) is 0 Å². The Hall–Kier alpha value is -0.800. The maximum absolute atomic E-state index is 8.81. The van der Waals surface area contributed by atoms with Gasteiger partial charge in [-0.1, -0.05) is 11.6 Å². The van der Waals surface area contributed by atoms with Crippen molar-refractivity contribution < 1.29 is 5.11 Å². The Morgan fingerprint density at radius 2 is 2.25 bits per heavy atom. The maximum Gasteiger partial charge on any atom is 0.0853 e. The van der Waals surface area contributed by atoms with Crippen molar-refractivity contribution in [3.05, 3.63) is 23.0 Å². The minimum atomic E-state index is -0.0575. The zero-order chi connectivity index (χ0) is 9.14. The number of aromatic nitrogens is 1. The smallest absolute Gasteiger partial charge is 0.0853 e. The SMILES string of the molecule is CN(C)c1cc(CO)ncc1Cl. The van der Waals surface area contributed by atoms with Crippen molar-refractivity contribution in [1.82, 2.24) is 4.98 Å². The van der Waals surface area contributed by atoms with Gasteiger partial charge in [0.1, 0.15) is 0 Å². The standard InChI is InChI=1S/C8H11ClN2O/c1-11(2)8-3-6(5-12)10-4-7(8)9/h3-4,12H,5H2,1-2H3. The molecule has 1 N–H and O–H groups in total. The number of aliphatic hydroxyl groups excluding tert-OH is 1. The molecule has 3 nitrogen and oxygen atoms in total. The highest BCUT2D eigenvalue weighted by Crippen LogP contribution is 2.23. The molecule has 0 fully saturated rings. The molecule has 0 saturated heterocycles. The second kappa shape index (κ2) is 3.74. The van der Waals surface area contributed by atoms with Gasteiger partial charge in [0, 0.05) is 20.3 Å². The first-order valence-electron chi connectivity index (χ1n) is 3.57. The van der Waals surface area contributed by atoms with Crippen molar-refractivity contribution in [2.75, 3.05) is 19.0 Å². The average molecular weight is 187 g/mol. The van der Waals surface area contributed by atoms with Crippen molar-refractivity contribution in [2.24, 2.45) is 0 Å². The fraction of sp³-hybridized carbons (Fsp3) is 0.375. The summed E-state index contributed by atoms with van der Waals surface area (Å²) in [5, 5.41) is 9.41. The van der Waals surface area contributed by atoms with Crippen LogP contribution in [0.1, 0.15) is 5.69 Å². The molecular weight excluding hydrogens is 176 g/mol. The molecular formula is C8H11ClN2O. The summed E-state index contributed by atoms with van der Waals surface area (Å²) in [4.78, 5) is 5.81. The molecule has 0 unspecified atom stereocenters. The van der Waals surface area contributed by atoms with Crippen molar-refractivity contribution in [3.63, 3.8) is 0 Å². The van der Waals surface area contributed by atoms with Crippen LogP contribution in [-0.2, 0) is 6.61 Å². The number of pyridine rings is 1. The molecule has 12 heavy (non-hydrogen) atoms. The molecule has 0 radical (unpaired) electrons. The molecule has 66 valence electrons. The highest BCUT2D eigenvalue weighted by Gasteiger charge is 2.03. The number of hydrogen-bond acceptors (Lipinski definition) is 3. The molecule has 0 bridgehead atoms. The summed E-state index contributed by atoms with van der Waals surface area (Å²) in [5.74, 6) is 0. The van der Waals surface area contributed by atoms with Crippen LogP contribution in [0, 0.1) is 0 Å². The lowest BCUT2D eigenvalue weighted by molar-refractivity contribution is 0.277. The molecule has 1 aromatic rings. The van der Waals surface area contributed by atoms with E-state index in [-0.39, 0.29) is 6.61 Å². The molecule has 0 aliphatic rings. The normalized spacial score (nSPS) is 10.0. The lowest BCUT2D eigenvalue weighted by atomic mass is 10.3. The third-order valence-corrected chi connectivity index (χ3v) is 1.83. The Bertz CT molecular complexity index is 276. The van der Waals surface area contributed by atoms with Crippen LogP contribution in [0.3, 0.4) is 0 Å². The number of nitrogens with zero attached hydrogens (tertiary/aromatic N) is 2. The van der Waals surface area contributed by atoms with Crippen molar-refractivity contribution in [2.45, 2.75) is 6.61 Å². The van der Waals surface area contributed by atoms with E-state index in [2.05, 4.69) is 4.98 Å². The Morgan fingerprint density at radius 1 is 1.58 bits per heavy atom. The average Bonchev–Trinajstić information content (AvgIpc) is 2.05. The molecule has 1 aromatic heterocycles. The van der Waals surface area contributed by atoms with Crippen LogP contribution in [0.2, 0.25) is 5.02 Å². The highest BCUT2D eigenvalue weighted by atomic mass is 35.5. The van der Waals surface area contributed by atoms with Gasteiger partial charge < -0.3 is 10.0 Å². The summed E-state index contributed by atoms with van der Waals surface area (Å²) in [5.41, 5.74) is 1.50. The first-order chi connectivity index (χ1) is 5.65. The van der Waals surface area contributed by atoms with Gasteiger partial charge in [-0.2, -0.15) is 0 Å². The molecule has 4 heteroatoms. The Morgan fingerprint density at radius 3 is 2.75 bits per heavy atom. The summed E-state index contributed by atoms with van der Waals surface area (Å²) in [6.45, 7) is -0.0575. The van der Waals surface area contributed by atoms with E-state index < -0.39 is 0 Å². The van der Waals surface area contributed by atoms with E-state index in [1.165, 1.54) is 0 Å². The topological polar surface area (TPSA) is 36.4 Å². The van der Waals surface area contributed by atoms with Crippen LogP contribution in [0.25, 0.3) is 0 Å². The Balaban J connectivity index is 3.08. The lowest BCUT2D eigenvalue weighted by Crippen LogP contribution is -2.10. The van der Waals surface area contributed by atoms with Gasteiger partial charge in [0.15, 0.2) is 0 Å². The van der Waals surface area contributed by atoms with Crippen molar-refractivity contribution in [3.8, 4) is 0 Å². The van der Waals surface area contributed by atoms with Crippen LogP contribution in [0.4, 0.5) is 5.69 Å². The number of halogens is 1. The third-order valence-electron chi connectivity index (χ3n) is 1.54. The number of anilines is 1. The largest absolute Gasteiger partial charge is 0.390 e. The Kier molecular flexibility index (Phi) is 2.89. The summed E-state index contributed by atoms with van der Waals surface area (Å²) >= 11 is 5.86. The van der Waals surface area contributed by atoms with Gasteiger partial charge in [-0.15, -0.1) is 0 Å². The fourth-order valence-electron chi connectivity index (χ4n) is 0.899. The maximum atomic E-state index is 8.81. The van der Waals surface area contributed by atoms with E-state index in [1.807, 2.05) is 19.0 Å². The van der Waals surface area contributed by atoms with Crippen molar-refractivity contribution in [1.29, 1.82) is 0 Å². The van der Waals surface area contributed by atoms with Gasteiger partial charge in [0.05, 0.1) is 23.0 Å². The van der Waals surface area contributed by atoms with Crippen LogP contribution in [0.15, 0.2) is 12.3 Å². The zero-order valence-electron chi connectivity index (χ0n) is 7.08. The Labute approximate surface area is 76.6 Å². The summed E-state index contributed by atoms with van der Waals surface area (Å²) in [7, 11) is 3.78. The lowest BCUT2D eigenvalue weighted by Gasteiger charge is -2.14. The predicted molar refractivity (Wildman–Crippen MR) is 49.5 cm³/mol. The fourth-order valence-corrected chi connectivity index (χ4v) is 1.17. The number of rotatable bonds is 2. The molecule has 0 spiro atoms. The molecule has 1 rings (SSSR count).